The van der Waals surface area contributed by atoms with Crippen molar-refractivity contribution in [3.05, 3.63) is 96.0 Å². The molecule has 35 heavy (non-hydrogen) atoms. The molecule has 1 amide bonds. The van der Waals surface area contributed by atoms with Crippen LogP contribution in [0.2, 0.25) is 0 Å². The van der Waals surface area contributed by atoms with E-state index >= 15 is 0 Å². The number of carbonyl (C=O) groups excluding carboxylic acids is 2. The molecule has 1 aromatic heterocycles. The van der Waals surface area contributed by atoms with Gasteiger partial charge in [-0.05, 0) is 48.0 Å². The molecule has 8 heteroatoms. The second-order valence-corrected chi connectivity index (χ2v) is 7.74. The Morgan fingerprint density at radius 2 is 1.83 bits per heavy atom. The smallest absolute Gasteiger partial charge is 0.296 e. The lowest BCUT2D eigenvalue weighted by Gasteiger charge is -2.24. The standard InChI is InChI=1S/C27H25NO7/c1-4-13-34-19-10-7-17(8-11-19)24-23(25(29)18-9-12-21(32-2)22(15-18)33-3)26(30)27(31)28(24)16-20-6-5-14-35-20/h4-12,14-15,24,29H,1,13,16H2,2-3H3. The van der Waals surface area contributed by atoms with Gasteiger partial charge < -0.3 is 28.6 Å². The Morgan fingerprint density at radius 1 is 1.09 bits per heavy atom. The van der Waals surface area contributed by atoms with Crippen LogP contribution in [0.5, 0.6) is 17.2 Å². The summed E-state index contributed by atoms with van der Waals surface area (Å²) >= 11 is 0. The Bertz CT molecular complexity index is 1260. The molecule has 1 saturated heterocycles. The highest BCUT2D eigenvalue weighted by molar-refractivity contribution is 6.46. The number of rotatable bonds is 9. The minimum atomic E-state index is -0.846. The molecule has 0 spiro atoms. The number of hydrogen-bond donors (Lipinski definition) is 1. The van der Waals surface area contributed by atoms with E-state index in [0.29, 0.717) is 40.7 Å². The number of carbonyl (C=O) groups is 2. The van der Waals surface area contributed by atoms with Gasteiger partial charge in [0.15, 0.2) is 11.5 Å². The van der Waals surface area contributed by atoms with Crippen molar-refractivity contribution in [2.45, 2.75) is 12.6 Å². The highest BCUT2D eigenvalue weighted by atomic mass is 16.5. The molecule has 3 aromatic rings. The Morgan fingerprint density at radius 3 is 2.46 bits per heavy atom. The molecule has 0 radical (unpaired) electrons. The van der Waals surface area contributed by atoms with Gasteiger partial charge in [-0.3, -0.25) is 9.59 Å². The van der Waals surface area contributed by atoms with Gasteiger partial charge >= 0.3 is 0 Å². The SMILES string of the molecule is C=CCOc1ccc(C2C(=C(O)c3ccc(OC)c(OC)c3)C(=O)C(=O)N2Cc2ccco2)cc1. The summed E-state index contributed by atoms with van der Waals surface area (Å²) < 4.78 is 21.6. The van der Waals surface area contributed by atoms with Gasteiger partial charge in [0.05, 0.1) is 38.6 Å². The average Bonchev–Trinajstić information content (AvgIpc) is 3.49. The van der Waals surface area contributed by atoms with Crippen molar-refractivity contribution in [3.8, 4) is 17.2 Å². The van der Waals surface area contributed by atoms with Gasteiger partial charge in [-0.1, -0.05) is 24.8 Å². The number of amides is 1. The number of ether oxygens (including phenoxy) is 3. The zero-order chi connectivity index (χ0) is 24.9. The van der Waals surface area contributed by atoms with Crippen LogP contribution in [0, 0.1) is 0 Å². The molecule has 1 aliphatic heterocycles. The molecule has 180 valence electrons. The predicted molar refractivity (Wildman–Crippen MR) is 128 cm³/mol. The van der Waals surface area contributed by atoms with Gasteiger partial charge in [-0.2, -0.15) is 0 Å². The van der Waals surface area contributed by atoms with Crippen LogP contribution in [-0.2, 0) is 16.1 Å². The van der Waals surface area contributed by atoms with E-state index in [1.807, 2.05) is 0 Å². The molecule has 4 rings (SSSR count). The quantitative estimate of drug-likeness (QED) is 0.211. The molecule has 1 fully saturated rings. The van der Waals surface area contributed by atoms with E-state index in [1.54, 1.807) is 60.7 Å². The van der Waals surface area contributed by atoms with E-state index in [0.717, 1.165) is 0 Å². The summed E-state index contributed by atoms with van der Waals surface area (Å²) in [5.41, 5.74) is 0.909. The summed E-state index contributed by atoms with van der Waals surface area (Å²) in [5, 5.41) is 11.3. The minimum absolute atomic E-state index is 0.0338. The molecule has 1 unspecified atom stereocenters. The maximum atomic E-state index is 13.2. The van der Waals surface area contributed by atoms with Crippen LogP contribution in [0.25, 0.3) is 5.76 Å². The van der Waals surface area contributed by atoms with E-state index in [4.69, 9.17) is 18.6 Å². The molecular formula is C27H25NO7. The summed E-state index contributed by atoms with van der Waals surface area (Å²) in [7, 11) is 2.97. The monoisotopic (exact) mass is 475 g/mol. The van der Waals surface area contributed by atoms with E-state index in [1.165, 1.54) is 25.4 Å². The molecule has 0 saturated carbocycles. The topological polar surface area (TPSA) is 98.4 Å². The van der Waals surface area contributed by atoms with Crippen LogP contribution >= 0.6 is 0 Å². The molecular weight excluding hydrogens is 450 g/mol. The van der Waals surface area contributed by atoms with Crippen LogP contribution in [0.3, 0.4) is 0 Å². The number of aliphatic hydroxyl groups is 1. The average molecular weight is 475 g/mol. The van der Waals surface area contributed by atoms with Crippen molar-refractivity contribution >= 4 is 17.4 Å². The van der Waals surface area contributed by atoms with E-state index in [2.05, 4.69) is 6.58 Å². The number of furan rings is 1. The van der Waals surface area contributed by atoms with Gasteiger partial charge in [0.1, 0.15) is 23.9 Å². The second-order valence-electron chi connectivity index (χ2n) is 7.74. The fourth-order valence-corrected chi connectivity index (χ4v) is 4.00. The first-order valence-corrected chi connectivity index (χ1v) is 10.8. The lowest BCUT2D eigenvalue weighted by molar-refractivity contribution is -0.140. The van der Waals surface area contributed by atoms with Crippen LogP contribution in [0.15, 0.2) is 83.5 Å². The van der Waals surface area contributed by atoms with Gasteiger partial charge in [0.2, 0.25) is 0 Å². The maximum Gasteiger partial charge on any atom is 0.296 e. The number of aliphatic hydroxyl groups excluding tert-OH is 1. The molecule has 2 heterocycles. The van der Waals surface area contributed by atoms with Crippen LogP contribution in [-0.4, -0.2) is 42.5 Å². The number of ketones is 1. The van der Waals surface area contributed by atoms with Gasteiger partial charge in [-0.25, -0.2) is 0 Å². The predicted octanol–water partition coefficient (Wildman–Crippen LogP) is 4.48. The molecule has 2 aromatic carbocycles. The lowest BCUT2D eigenvalue weighted by atomic mass is 9.95. The summed E-state index contributed by atoms with van der Waals surface area (Å²) in [6, 6.07) is 14.3. The van der Waals surface area contributed by atoms with E-state index < -0.39 is 17.7 Å². The van der Waals surface area contributed by atoms with Gasteiger partial charge in [0.25, 0.3) is 11.7 Å². The van der Waals surface area contributed by atoms with Crippen molar-refractivity contribution in [1.82, 2.24) is 4.90 Å². The first-order valence-electron chi connectivity index (χ1n) is 10.8. The minimum Gasteiger partial charge on any atom is -0.507 e. The third-order valence-electron chi connectivity index (χ3n) is 5.67. The summed E-state index contributed by atoms with van der Waals surface area (Å²) in [5.74, 6) is 0.116. The highest BCUT2D eigenvalue weighted by Crippen LogP contribution is 2.41. The summed E-state index contributed by atoms with van der Waals surface area (Å²) in [4.78, 5) is 27.7. The van der Waals surface area contributed by atoms with Gasteiger partial charge in [0, 0.05) is 5.56 Å². The maximum absolute atomic E-state index is 13.2. The number of methoxy groups -OCH3 is 2. The van der Waals surface area contributed by atoms with Crippen molar-refractivity contribution in [1.29, 1.82) is 0 Å². The fraction of sp³-hybridized carbons (Fsp3) is 0.185. The summed E-state index contributed by atoms with van der Waals surface area (Å²) in [6.07, 6.45) is 3.13. The van der Waals surface area contributed by atoms with E-state index in [-0.39, 0.29) is 17.9 Å². The van der Waals surface area contributed by atoms with Crippen molar-refractivity contribution in [2.75, 3.05) is 20.8 Å². The highest BCUT2D eigenvalue weighted by Gasteiger charge is 2.46. The molecule has 0 aliphatic carbocycles. The van der Waals surface area contributed by atoms with Crippen molar-refractivity contribution < 1.29 is 33.3 Å². The first kappa shape index (κ1) is 23.7. The third kappa shape index (κ3) is 4.63. The largest absolute Gasteiger partial charge is 0.507 e. The number of likely N-dealkylation sites (tertiary alicyclic amines) is 1. The van der Waals surface area contributed by atoms with Crippen LogP contribution < -0.4 is 14.2 Å². The third-order valence-corrected chi connectivity index (χ3v) is 5.67. The Hall–Kier alpha value is -4.46. The normalized spacial score (nSPS) is 16.9. The molecule has 1 N–H and O–H groups in total. The molecule has 8 nitrogen and oxygen atoms in total. The van der Waals surface area contributed by atoms with E-state index in [9.17, 15) is 14.7 Å². The Balaban J connectivity index is 1.82. The number of Topliss-reactive ketones (excluding diaryl/α,β-unsaturated/α-hetero) is 1. The summed E-state index contributed by atoms with van der Waals surface area (Å²) in [6.45, 7) is 4.03. The number of benzene rings is 2. The molecule has 0 bridgehead atoms. The van der Waals surface area contributed by atoms with Gasteiger partial charge in [-0.15, -0.1) is 0 Å². The zero-order valence-electron chi connectivity index (χ0n) is 19.4. The molecule has 1 aliphatic rings. The molecule has 1 atom stereocenters. The Labute approximate surface area is 202 Å². The van der Waals surface area contributed by atoms with Crippen LogP contribution in [0.4, 0.5) is 0 Å². The number of hydrogen-bond acceptors (Lipinski definition) is 7. The first-order chi connectivity index (χ1) is 17.0. The fourth-order valence-electron chi connectivity index (χ4n) is 4.00. The second kappa shape index (κ2) is 10.2. The zero-order valence-corrected chi connectivity index (χ0v) is 19.4. The number of nitrogens with zero attached hydrogens (tertiary/aromatic N) is 1. The van der Waals surface area contributed by atoms with Crippen molar-refractivity contribution in [2.24, 2.45) is 0 Å². The lowest BCUT2D eigenvalue weighted by Crippen LogP contribution is -2.29. The Kier molecular flexibility index (Phi) is 6.91. The van der Waals surface area contributed by atoms with Crippen molar-refractivity contribution in [3.63, 3.8) is 0 Å². The van der Waals surface area contributed by atoms with Crippen LogP contribution in [0.1, 0.15) is 22.9 Å².